The molecule has 186 valence electrons. The number of hydrogen-bond donors (Lipinski definition) is 4. The maximum Gasteiger partial charge on any atom is 0.412 e. The van der Waals surface area contributed by atoms with Crippen LogP contribution in [0, 0.1) is 0 Å². The molecule has 1 saturated carbocycles. The molecule has 36 heavy (non-hydrogen) atoms. The van der Waals surface area contributed by atoms with Gasteiger partial charge < -0.3 is 20.4 Å². The first-order valence-electron chi connectivity index (χ1n) is 12.3. The van der Waals surface area contributed by atoms with Gasteiger partial charge in [-0.15, -0.1) is 0 Å². The van der Waals surface area contributed by atoms with Crippen LogP contribution in [0.1, 0.15) is 38.5 Å². The van der Waals surface area contributed by atoms with Crippen LogP contribution in [0.5, 0.6) is 5.75 Å². The summed E-state index contributed by atoms with van der Waals surface area (Å²) in [5.41, 5.74) is 2.71. The molecule has 1 amide bonds. The van der Waals surface area contributed by atoms with Crippen LogP contribution in [0.25, 0.3) is 33.7 Å². The predicted molar refractivity (Wildman–Crippen MR) is 137 cm³/mol. The van der Waals surface area contributed by atoms with Gasteiger partial charge >= 0.3 is 6.09 Å². The van der Waals surface area contributed by atoms with Gasteiger partial charge in [0.15, 0.2) is 0 Å². The van der Waals surface area contributed by atoms with E-state index in [4.69, 9.17) is 4.74 Å². The fourth-order valence-electron chi connectivity index (χ4n) is 4.46. The Morgan fingerprint density at radius 3 is 2.72 bits per heavy atom. The van der Waals surface area contributed by atoms with Gasteiger partial charge in [0.1, 0.15) is 11.6 Å². The minimum Gasteiger partial charge on any atom is -0.410 e. The quantitative estimate of drug-likeness (QED) is 0.278. The van der Waals surface area contributed by atoms with Crippen molar-refractivity contribution in [2.45, 2.75) is 44.6 Å². The van der Waals surface area contributed by atoms with E-state index in [1.54, 1.807) is 36.7 Å². The summed E-state index contributed by atoms with van der Waals surface area (Å²) in [6.45, 7) is 1.42. The standard InChI is InChI=1S/C26H29N7O3/c34-25-20(16-22(32-33-25)17-9-13-27-14-10-17)24-30-21-8-7-19(15-23(21)31-24)36-26(35)29-12-4-11-28-18-5-2-1-3-6-18/h7-10,13-16,18,28H,1-6,11-12H2,(H,29,35)(H,30,31)(H,33,34). The molecule has 1 aromatic carbocycles. The molecule has 0 saturated heterocycles. The van der Waals surface area contributed by atoms with E-state index in [1.807, 2.05) is 12.1 Å². The third-order valence-electron chi connectivity index (χ3n) is 6.36. The minimum atomic E-state index is -0.504. The summed E-state index contributed by atoms with van der Waals surface area (Å²) in [7, 11) is 0. The Balaban J connectivity index is 1.20. The zero-order chi connectivity index (χ0) is 24.7. The summed E-state index contributed by atoms with van der Waals surface area (Å²) in [5.74, 6) is 0.774. The number of amides is 1. The molecule has 1 aliphatic rings. The Kier molecular flexibility index (Phi) is 7.32. The highest BCUT2D eigenvalue weighted by Gasteiger charge is 2.14. The molecule has 10 heteroatoms. The van der Waals surface area contributed by atoms with E-state index < -0.39 is 6.09 Å². The van der Waals surface area contributed by atoms with E-state index in [0.29, 0.717) is 46.5 Å². The SMILES string of the molecule is O=C(NCCCNC1CCCCC1)Oc1ccc2[nH]c(-c3cc(-c4ccncc4)n[nH]c3=O)nc2c1. The first-order chi connectivity index (χ1) is 17.7. The van der Waals surface area contributed by atoms with Crippen molar-refractivity contribution in [2.75, 3.05) is 13.1 Å². The molecule has 4 aromatic rings. The van der Waals surface area contributed by atoms with Gasteiger partial charge in [0, 0.05) is 36.6 Å². The largest absolute Gasteiger partial charge is 0.412 e. The summed E-state index contributed by atoms with van der Waals surface area (Å²) >= 11 is 0. The van der Waals surface area contributed by atoms with Crippen LogP contribution < -0.4 is 20.9 Å². The van der Waals surface area contributed by atoms with Crippen LogP contribution in [0.4, 0.5) is 4.79 Å². The number of imidazole rings is 1. The van der Waals surface area contributed by atoms with Crippen LogP contribution >= 0.6 is 0 Å². The molecule has 0 spiro atoms. The van der Waals surface area contributed by atoms with Crippen LogP contribution in [0.3, 0.4) is 0 Å². The van der Waals surface area contributed by atoms with Crippen molar-refractivity contribution in [1.29, 1.82) is 0 Å². The fourth-order valence-corrected chi connectivity index (χ4v) is 4.46. The molecule has 0 bridgehead atoms. The van der Waals surface area contributed by atoms with E-state index >= 15 is 0 Å². The first-order valence-corrected chi connectivity index (χ1v) is 12.3. The molecule has 0 unspecified atom stereocenters. The van der Waals surface area contributed by atoms with E-state index in [-0.39, 0.29) is 5.56 Å². The topological polar surface area (TPSA) is 138 Å². The molecule has 3 aromatic heterocycles. The van der Waals surface area contributed by atoms with Crippen LogP contribution in [-0.2, 0) is 0 Å². The van der Waals surface area contributed by atoms with Crippen LogP contribution in [0.2, 0.25) is 0 Å². The second kappa shape index (κ2) is 11.1. The third kappa shape index (κ3) is 5.77. The van der Waals surface area contributed by atoms with Crippen molar-refractivity contribution in [3.63, 3.8) is 0 Å². The fraction of sp³-hybridized carbons (Fsp3) is 0.346. The number of H-pyrrole nitrogens is 2. The lowest BCUT2D eigenvalue weighted by Crippen LogP contribution is -2.34. The minimum absolute atomic E-state index is 0.357. The summed E-state index contributed by atoms with van der Waals surface area (Å²) in [4.78, 5) is 36.4. The average molecular weight is 488 g/mol. The number of aromatic nitrogens is 5. The molecule has 1 fully saturated rings. The second-order valence-electron chi connectivity index (χ2n) is 8.96. The maximum absolute atomic E-state index is 12.5. The Bertz CT molecular complexity index is 1380. The molecule has 4 N–H and O–H groups in total. The monoisotopic (exact) mass is 487 g/mol. The number of nitrogens with one attached hydrogen (secondary N) is 4. The van der Waals surface area contributed by atoms with Gasteiger partial charge in [-0.2, -0.15) is 5.10 Å². The number of nitrogens with zero attached hydrogens (tertiary/aromatic N) is 3. The predicted octanol–water partition coefficient (Wildman–Crippen LogP) is 3.78. The number of ether oxygens (including phenoxy) is 1. The molecule has 0 atom stereocenters. The zero-order valence-corrected chi connectivity index (χ0v) is 19.9. The number of benzene rings is 1. The van der Waals surface area contributed by atoms with Crippen LogP contribution in [0.15, 0.2) is 53.6 Å². The molecule has 0 radical (unpaired) electrons. The molecule has 5 rings (SSSR count). The van der Waals surface area contributed by atoms with Crippen molar-refractivity contribution in [3.05, 3.63) is 59.1 Å². The lowest BCUT2D eigenvalue weighted by atomic mass is 9.95. The van der Waals surface area contributed by atoms with Gasteiger partial charge in [-0.25, -0.2) is 14.9 Å². The Morgan fingerprint density at radius 1 is 1.06 bits per heavy atom. The Hall–Kier alpha value is -4.05. The third-order valence-corrected chi connectivity index (χ3v) is 6.36. The van der Waals surface area contributed by atoms with E-state index in [2.05, 4.69) is 35.8 Å². The van der Waals surface area contributed by atoms with E-state index in [0.717, 1.165) is 18.5 Å². The molecule has 3 heterocycles. The zero-order valence-electron chi connectivity index (χ0n) is 19.9. The van der Waals surface area contributed by atoms with Crippen molar-refractivity contribution < 1.29 is 9.53 Å². The highest BCUT2D eigenvalue weighted by molar-refractivity contribution is 5.82. The highest BCUT2D eigenvalue weighted by Crippen LogP contribution is 2.24. The smallest absolute Gasteiger partial charge is 0.410 e. The first kappa shape index (κ1) is 23.7. The van der Waals surface area contributed by atoms with Gasteiger partial charge in [-0.1, -0.05) is 19.3 Å². The summed E-state index contributed by atoms with van der Waals surface area (Å²) in [6.07, 6.45) is 10.1. The molecule has 10 nitrogen and oxygen atoms in total. The summed E-state index contributed by atoms with van der Waals surface area (Å²) in [6, 6.07) is 11.0. The summed E-state index contributed by atoms with van der Waals surface area (Å²) < 4.78 is 5.43. The van der Waals surface area contributed by atoms with Crippen LogP contribution in [-0.4, -0.2) is 50.4 Å². The van der Waals surface area contributed by atoms with Gasteiger partial charge in [-0.3, -0.25) is 9.78 Å². The normalized spacial score (nSPS) is 14.1. The Morgan fingerprint density at radius 2 is 1.89 bits per heavy atom. The number of carbonyl (C=O) groups is 1. The number of carbonyl (C=O) groups excluding carboxylic acids is 1. The molecule has 1 aliphatic carbocycles. The van der Waals surface area contributed by atoms with Gasteiger partial charge in [0.25, 0.3) is 5.56 Å². The maximum atomic E-state index is 12.5. The number of rotatable bonds is 8. The number of aromatic amines is 2. The summed E-state index contributed by atoms with van der Waals surface area (Å²) in [5, 5.41) is 13.0. The number of hydrogen-bond acceptors (Lipinski definition) is 7. The highest BCUT2D eigenvalue weighted by atomic mass is 16.6. The second-order valence-corrected chi connectivity index (χ2v) is 8.96. The number of fused-ring (bicyclic) bond motifs is 1. The van der Waals surface area contributed by atoms with Crippen molar-refractivity contribution in [2.24, 2.45) is 0 Å². The molecular weight excluding hydrogens is 458 g/mol. The number of pyridine rings is 1. The molecular formula is C26H29N7O3. The van der Waals surface area contributed by atoms with E-state index in [9.17, 15) is 9.59 Å². The van der Waals surface area contributed by atoms with Crippen molar-refractivity contribution in [3.8, 4) is 28.4 Å². The average Bonchev–Trinajstić information content (AvgIpc) is 3.33. The lowest BCUT2D eigenvalue weighted by Gasteiger charge is -2.22. The molecule has 0 aliphatic heterocycles. The van der Waals surface area contributed by atoms with Crippen molar-refractivity contribution in [1.82, 2.24) is 35.8 Å². The lowest BCUT2D eigenvalue weighted by molar-refractivity contribution is 0.200. The van der Waals surface area contributed by atoms with Gasteiger partial charge in [0.2, 0.25) is 0 Å². The van der Waals surface area contributed by atoms with E-state index in [1.165, 1.54) is 32.1 Å². The Labute approximate surface area is 207 Å². The van der Waals surface area contributed by atoms with Gasteiger partial charge in [0.05, 0.1) is 22.3 Å². The van der Waals surface area contributed by atoms with Gasteiger partial charge in [-0.05, 0) is 56.1 Å². The van der Waals surface area contributed by atoms with Crippen molar-refractivity contribution >= 4 is 17.1 Å².